The van der Waals surface area contributed by atoms with E-state index < -0.39 is 0 Å². The van der Waals surface area contributed by atoms with Crippen molar-refractivity contribution in [3.63, 3.8) is 0 Å². The molecule has 8 heteroatoms. The van der Waals surface area contributed by atoms with Crippen molar-refractivity contribution in [1.29, 1.82) is 0 Å². The van der Waals surface area contributed by atoms with Crippen LogP contribution in [0.15, 0.2) is 33.2 Å². The summed E-state index contributed by atoms with van der Waals surface area (Å²) < 4.78 is 10.9. The van der Waals surface area contributed by atoms with Gasteiger partial charge in [-0.25, -0.2) is 4.98 Å². The third-order valence-electron chi connectivity index (χ3n) is 3.77. The fourth-order valence-corrected chi connectivity index (χ4v) is 3.11. The molecule has 24 heavy (non-hydrogen) atoms. The monoisotopic (exact) mass is 349 g/mol. The summed E-state index contributed by atoms with van der Waals surface area (Å²) in [5.74, 6) is 1.43. The molecule has 0 saturated carbocycles. The zero-order valence-electron chi connectivity index (χ0n) is 13.8. The highest BCUT2D eigenvalue weighted by Crippen LogP contribution is 2.23. The maximum atomic E-state index is 5.52. The molecule has 1 saturated heterocycles. The van der Waals surface area contributed by atoms with E-state index in [2.05, 4.69) is 25.5 Å². The lowest BCUT2D eigenvalue weighted by Crippen LogP contribution is -2.44. The zero-order chi connectivity index (χ0) is 16.6. The lowest BCUT2D eigenvalue weighted by Gasteiger charge is -2.26. The van der Waals surface area contributed by atoms with Gasteiger partial charge in [-0.3, -0.25) is 9.89 Å². The van der Waals surface area contributed by atoms with Gasteiger partial charge in [-0.2, -0.15) is 0 Å². The number of aromatic nitrogens is 1. The van der Waals surface area contributed by atoms with E-state index in [9.17, 15) is 0 Å². The van der Waals surface area contributed by atoms with Crippen LogP contribution in [0.4, 0.5) is 0 Å². The highest BCUT2D eigenvalue weighted by molar-refractivity contribution is 7.13. The Morgan fingerprint density at radius 1 is 1.38 bits per heavy atom. The highest BCUT2D eigenvalue weighted by Gasteiger charge is 2.10. The summed E-state index contributed by atoms with van der Waals surface area (Å²) in [6, 6.07) is 3.99. The SMILES string of the molecule is CN=C(NCCN1CCOCC1)NCc1coc(-c2cccs2)n1. The summed E-state index contributed by atoms with van der Waals surface area (Å²) in [7, 11) is 1.77. The third-order valence-corrected chi connectivity index (χ3v) is 4.63. The summed E-state index contributed by atoms with van der Waals surface area (Å²) >= 11 is 1.62. The molecule has 1 fully saturated rings. The number of aliphatic imine (C=N–C) groups is 1. The predicted octanol–water partition coefficient (Wildman–Crippen LogP) is 1.40. The van der Waals surface area contributed by atoms with Crippen LogP contribution in [-0.4, -0.2) is 62.3 Å². The average molecular weight is 349 g/mol. The standard InChI is InChI=1S/C16H23N5O2S/c1-17-16(18-4-5-21-6-8-22-9-7-21)19-11-13-12-23-15(20-13)14-3-2-10-24-14/h2-3,10,12H,4-9,11H2,1H3,(H2,17,18,19). The van der Waals surface area contributed by atoms with Crippen LogP contribution in [-0.2, 0) is 11.3 Å². The van der Waals surface area contributed by atoms with Gasteiger partial charge in [0.2, 0.25) is 5.89 Å². The van der Waals surface area contributed by atoms with Gasteiger partial charge < -0.3 is 19.8 Å². The Bertz CT molecular complexity index is 635. The molecule has 1 aliphatic rings. The Kier molecular flexibility index (Phi) is 6.22. The number of ether oxygens (including phenoxy) is 1. The fourth-order valence-electron chi connectivity index (χ4n) is 2.45. The molecule has 130 valence electrons. The van der Waals surface area contributed by atoms with Crippen molar-refractivity contribution in [2.45, 2.75) is 6.54 Å². The molecule has 1 aliphatic heterocycles. The highest BCUT2D eigenvalue weighted by atomic mass is 32.1. The summed E-state index contributed by atoms with van der Waals surface area (Å²) in [4.78, 5) is 12.1. The summed E-state index contributed by atoms with van der Waals surface area (Å²) in [5, 5.41) is 8.59. The van der Waals surface area contributed by atoms with E-state index in [0.717, 1.165) is 55.9 Å². The Morgan fingerprint density at radius 3 is 3.00 bits per heavy atom. The molecule has 0 radical (unpaired) electrons. The van der Waals surface area contributed by atoms with Crippen molar-refractivity contribution in [2.75, 3.05) is 46.4 Å². The number of thiophene rings is 1. The first kappa shape index (κ1) is 16.9. The number of rotatable bonds is 6. The van der Waals surface area contributed by atoms with Crippen molar-refractivity contribution >= 4 is 17.3 Å². The number of nitrogens with one attached hydrogen (secondary N) is 2. The first-order chi connectivity index (χ1) is 11.8. The first-order valence-electron chi connectivity index (χ1n) is 8.08. The second-order valence-corrected chi connectivity index (χ2v) is 6.38. The maximum Gasteiger partial charge on any atom is 0.236 e. The van der Waals surface area contributed by atoms with Crippen LogP contribution in [0.2, 0.25) is 0 Å². The molecular weight excluding hydrogens is 326 g/mol. The Balaban J connectivity index is 1.41. The van der Waals surface area contributed by atoms with Crippen LogP contribution in [0.1, 0.15) is 5.69 Å². The van der Waals surface area contributed by atoms with E-state index in [0.29, 0.717) is 12.4 Å². The average Bonchev–Trinajstić information content (AvgIpc) is 3.30. The van der Waals surface area contributed by atoms with Gasteiger partial charge in [-0.1, -0.05) is 6.07 Å². The van der Waals surface area contributed by atoms with Gasteiger partial charge in [0.1, 0.15) is 6.26 Å². The van der Waals surface area contributed by atoms with Crippen LogP contribution in [0.5, 0.6) is 0 Å². The van der Waals surface area contributed by atoms with E-state index in [1.807, 2.05) is 17.5 Å². The Labute approximate surface area is 145 Å². The summed E-state index contributed by atoms with van der Waals surface area (Å²) in [5.41, 5.74) is 0.856. The molecule has 7 nitrogen and oxygen atoms in total. The van der Waals surface area contributed by atoms with E-state index in [4.69, 9.17) is 9.15 Å². The Hall–Kier alpha value is -1.90. The lowest BCUT2D eigenvalue weighted by molar-refractivity contribution is 0.0389. The minimum atomic E-state index is 0.575. The van der Waals surface area contributed by atoms with E-state index in [1.165, 1.54) is 0 Å². The van der Waals surface area contributed by atoms with Gasteiger partial charge in [0, 0.05) is 33.2 Å². The summed E-state index contributed by atoms with van der Waals surface area (Å²) in [6.45, 7) is 6.05. The number of oxazole rings is 1. The quantitative estimate of drug-likeness (QED) is 0.607. The zero-order valence-corrected chi connectivity index (χ0v) is 14.6. The maximum absolute atomic E-state index is 5.52. The van der Waals surface area contributed by atoms with E-state index >= 15 is 0 Å². The molecule has 3 rings (SSSR count). The minimum Gasteiger partial charge on any atom is -0.443 e. The molecule has 3 heterocycles. The van der Waals surface area contributed by atoms with Gasteiger partial charge in [0.25, 0.3) is 0 Å². The van der Waals surface area contributed by atoms with Crippen LogP contribution in [0.25, 0.3) is 10.8 Å². The number of nitrogens with zero attached hydrogens (tertiary/aromatic N) is 3. The van der Waals surface area contributed by atoms with Gasteiger partial charge in [-0.05, 0) is 11.4 Å². The normalized spacial score (nSPS) is 16.3. The fraction of sp³-hybridized carbons (Fsp3) is 0.500. The van der Waals surface area contributed by atoms with Crippen LogP contribution < -0.4 is 10.6 Å². The van der Waals surface area contributed by atoms with Crippen molar-refractivity contribution < 1.29 is 9.15 Å². The molecule has 0 aromatic carbocycles. The number of hydrogen-bond donors (Lipinski definition) is 2. The number of hydrogen-bond acceptors (Lipinski definition) is 6. The van der Waals surface area contributed by atoms with Gasteiger partial charge >= 0.3 is 0 Å². The van der Waals surface area contributed by atoms with E-state index in [-0.39, 0.29) is 0 Å². The van der Waals surface area contributed by atoms with Gasteiger partial charge in [0.15, 0.2) is 5.96 Å². The molecule has 0 amide bonds. The molecule has 0 atom stereocenters. The number of guanidine groups is 1. The molecular formula is C16H23N5O2S. The molecule has 2 aromatic heterocycles. The predicted molar refractivity (Wildman–Crippen MR) is 95.3 cm³/mol. The van der Waals surface area contributed by atoms with E-state index in [1.54, 1.807) is 24.6 Å². The minimum absolute atomic E-state index is 0.575. The van der Waals surface area contributed by atoms with Crippen molar-refractivity contribution in [3.05, 3.63) is 29.5 Å². The van der Waals surface area contributed by atoms with Crippen LogP contribution >= 0.6 is 11.3 Å². The molecule has 2 aromatic rings. The number of morpholine rings is 1. The van der Waals surface area contributed by atoms with Crippen molar-refractivity contribution in [1.82, 2.24) is 20.5 Å². The largest absolute Gasteiger partial charge is 0.443 e. The second kappa shape index (κ2) is 8.81. The third kappa shape index (κ3) is 4.80. The smallest absolute Gasteiger partial charge is 0.236 e. The molecule has 0 bridgehead atoms. The molecule has 0 aliphatic carbocycles. The summed E-state index contributed by atoms with van der Waals surface area (Å²) in [6.07, 6.45) is 1.68. The molecule has 0 unspecified atom stereocenters. The topological polar surface area (TPSA) is 74.9 Å². The Morgan fingerprint density at radius 2 is 2.25 bits per heavy atom. The molecule has 0 spiro atoms. The van der Waals surface area contributed by atoms with Crippen molar-refractivity contribution in [3.8, 4) is 10.8 Å². The van der Waals surface area contributed by atoms with Gasteiger partial charge in [0.05, 0.1) is 30.3 Å². The second-order valence-electron chi connectivity index (χ2n) is 5.43. The lowest BCUT2D eigenvalue weighted by atomic mass is 10.4. The van der Waals surface area contributed by atoms with Crippen molar-refractivity contribution in [2.24, 2.45) is 4.99 Å². The molecule has 2 N–H and O–H groups in total. The van der Waals surface area contributed by atoms with Gasteiger partial charge in [-0.15, -0.1) is 11.3 Å². The van der Waals surface area contributed by atoms with Crippen LogP contribution in [0.3, 0.4) is 0 Å². The van der Waals surface area contributed by atoms with Crippen LogP contribution in [0, 0.1) is 0 Å². The first-order valence-corrected chi connectivity index (χ1v) is 8.96.